The van der Waals surface area contributed by atoms with Crippen molar-refractivity contribution in [3.05, 3.63) is 66.5 Å². The maximum Gasteiger partial charge on any atom is 0.231 e. The van der Waals surface area contributed by atoms with Gasteiger partial charge in [0, 0.05) is 18.7 Å². The molecule has 4 aromatic rings. The van der Waals surface area contributed by atoms with Crippen LogP contribution in [-0.4, -0.2) is 34.2 Å². The number of benzene rings is 2. The Kier molecular flexibility index (Phi) is 5.30. The fourth-order valence-corrected chi connectivity index (χ4v) is 4.67. The van der Waals surface area contributed by atoms with Crippen LogP contribution in [0, 0.1) is 11.7 Å². The van der Waals surface area contributed by atoms with Gasteiger partial charge in [-0.1, -0.05) is 23.5 Å². The second kappa shape index (κ2) is 8.39. The third-order valence-corrected chi connectivity index (χ3v) is 6.38. The minimum Gasteiger partial charge on any atom is -0.354 e. The van der Waals surface area contributed by atoms with Gasteiger partial charge in [0.1, 0.15) is 5.82 Å². The van der Waals surface area contributed by atoms with Crippen molar-refractivity contribution >= 4 is 38.4 Å². The van der Waals surface area contributed by atoms with Crippen LogP contribution in [0.3, 0.4) is 0 Å². The Bertz CT molecular complexity index is 1180. The Morgan fingerprint density at radius 2 is 1.90 bits per heavy atom. The molecule has 2 aromatic heterocycles. The summed E-state index contributed by atoms with van der Waals surface area (Å²) in [4.78, 5) is 19.4. The molecule has 5 rings (SSSR count). The highest BCUT2D eigenvalue weighted by atomic mass is 32.1. The highest BCUT2D eigenvalue weighted by molar-refractivity contribution is 7.22. The first-order valence-corrected chi connectivity index (χ1v) is 11.0. The van der Waals surface area contributed by atoms with Crippen LogP contribution in [0.2, 0.25) is 0 Å². The van der Waals surface area contributed by atoms with E-state index in [2.05, 4.69) is 25.4 Å². The number of hydrogen-bond donors (Lipinski definition) is 1. The number of nitrogens with zero attached hydrogens (tertiary/aromatic N) is 4. The number of amides is 1. The first-order chi connectivity index (χ1) is 15.2. The van der Waals surface area contributed by atoms with Gasteiger partial charge in [0.25, 0.3) is 0 Å². The Hall–Kier alpha value is -3.39. The summed E-state index contributed by atoms with van der Waals surface area (Å²) in [7, 11) is 0. The first kappa shape index (κ1) is 19.6. The van der Waals surface area contributed by atoms with Crippen LogP contribution in [-0.2, 0) is 4.79 Å². The van der Waals surface area contributed by atoms with Gasteiger partial charge in [-0.3, -0.25) is 4.79 Å². The molecule has 0 bridgehead atoms. The Morgan fingerprint density at radius 1 is 1.06 bits per heavy atom. The van der Waals surface area contributed by atoms with Gasteiger partial charge in [-0.2, -0.15) is 0 Å². The smallest absolute Gasteiger partial charge is 0.231 e. The van der Waals surface area contributed by atoms with Crippen LogP contribution < -0.4 is 10.2 Å². The number of nitrogens with one attached hydrogen (secondary N) is 1. The molecule has 1 aliphatic rings. The summed E-state index contributed by atoms with van der Waals surface area (Å²) in [5.74, 6) is 0.305. The predicted molar refractivity (Wildman–Crippen MR) is 121 cm³/mol. The predicted octanol–water partition coefficient (Wildman–Crippen LogP) is 4.75. The van der Waals surface area contributed by atoms with Gasteiger partial charge in [-0.25, -0.2) is 9.37 Å². The van der Waals surface area contributed by atoms with Gasteiger partial charge >= 0.3 is 0 Å². The number of rotatable bonds is 4. The second-order valence-corrected chi connectivity index (χ2v) is 8.58. The molecule has 1 amide bonds. The van der Waals surface area contributed by atoms with Crippen molar-refractivity contribution in [2.75, 3.05) is 23.3 Å². The summed E-state index contributed by atoms with van der Waals surface area (Å²) < 4.78 is 14.2. The zero-order chi connectivity index (χ0) is 21.2. The van der Waals surface area contributed by atoms with Crippen molar-refractivity contribution in [1.82, 2.24) is 15.2 Å². The molecule has 0 spiro atoms. The largest absolute Gasteiger partial charge is 0.354 e. The summed E-state index contributed by atoms with van der Waals surface area (Å²) in [5.41, 5.74) is 2.39. The molecular weight excluding hydrogens is 413 g/mol. The minimum atomic E-state index is -0.281. The maximum absolute atomic E-state index is 13.1. The van der Waals surface area contributed by atoms with E-state index in [1.807, 2.05) is 36.4 Å². The molecule has 1 unspecified atom stereocenters. The lowest BCUT2D eigenvalue weighted by atomic mass is 9.97. The molecule has 1 aliphatic heterocycles. The van der Waals surface area contributed by atoms with Crippen molar-refractivity contribution in [2.24, 2.45) is 5.92 Å². The number of carbonyl (C=O) groups is 1. The SMILES string of the molecule is O=C(Nc1nc2ccccc2s1)C1CCCN(c2ccc(-c3ccc(F)cc3)nn2)C1. The van der Waals surface area contributed by atoms with Crippen molar-refractivity contribution in [2.45, 2.75) is 12.8 Å². The average Bonchev–Trinajstić information content (AvgIpc) is 3.22. The van der Waals surface area contributed by atoms with Crippen LogP contribution in [0.4, 0.5) is 15.3 Å². The second-order valence-electron chi connectivity index (χ2n) is 7.54. The molecule has 2 aromatic carbocycles. The van der Waals surface area contributed by atoms with Gasteiger partial charge in [0.15, 0.2) is 10.9 Å². The zero-order valence-corrected chi connectivity index (χ0v) is 17.5. The molecule has 8 heteroatoms. The Labute approximate surface area is 182 Å². The van der Waals surface area contributed by atoms with Crippen LogP contribution >= 0.6 is 11.3 Å². The van der Waals surface area contributed by atoms with Crippen molar-refractivity contribution < 1.29 is 9.18 Å². The zero-order valence-electron chi connectivity index (χ0n) is 16.7. The number of halogens is 1. The van der Waals surface area contributed by atoms with Crippen molar-refractivity contribution in [3.8, 4) is 11.3 Å². The summed E-state index contributed by atoms with van der Waals surface area (Å²) in [6, 6.07) is 17.8. The van der Waals surface area contributed by atoms with E-state index < -0.39 is 0 Å². The maximum atomic E-state index is 13.1. The highest BCUT2D eigenvalue weighted by Crippen LogP contribution is 2.28. The summed E-state index contributed by atoms with van der Waals surface area (Å²) >= 11 is 1.48. The number of thiazole rings is 1. The van der Waals surface area contributed by atoms with Crippen LogP contribution in [0.5, 0.6) is 0 Å². The molecule has 31 heavy (non-hydrogen) atoms. The molecule has 1 fully saturated rings. The van der Waals surface area contributed by atoms with Gasteiger partial charge in [0.2, 0.25) is 5.91 Å². The molecule has 3 heterocycles. The van der Waals surface area contributed by atoms with Gasteiger partial charge in [-0.15, -0.1) is 10.2 Å². The summed E-state index contributed by atoms with van der Waals surface area (Å²) in [6.07, 6.45) is 1.73. The Balaban J connectivity index is 1.26. The number of para-hydroxylation sites is 1. The fraction of sp³-hybridized carbons (Fsp3) is 0.217. The van der Waals surface area contributed by atoms with Gasteiger partial charge in [0.05, 0.1) is 21.8 Å². The lowest BCUT2D eigenvalue weighted by molar-refractivity contribution is -0.120. The third-order valence-electron chi connectivity index (χ3n) is 5.43. The molecule has 0 aliphatic carbocycles. The quantitative estimate of drug-likeness (QED) is 0.503. The summed E-state index contributed by atoms with van der Waals surface area (Å²) in [5, 5.41) is 12.3. The molecular formula is C23H20FN5OS. The molecule has 1 atom stereocenters. The molecule has 1 saturated heterocycles. The molecule has 156 valence electrons. The number of piperidine rings is 1. The van der Waals surface area contributed by atoms with Crippen LogP contribution in [0.25, 0.3) is 21.5 Å². The van der Waals surface area contributed by atoms with E-state index in [-0.39, 0.29) is 17.6 Å². The minimum absolute atomic E-state index is 0.0142. The van der Waals surface area contributed by atoms with Gasteiger partial charge in [-0.05, 0) is 61.4 Å². The number of anilines is 2. The molecule has 0 saturated carbocycles. The summed E-state index contributed by atoms with van der Waals surface area (Å²) in [6.45, 7) is 1.41. The molecule has 6 nitrogen and oxygen atoms in total. The van der Waals surface area contributed by atoms with E-state index >= 15 is 0 Å². The fourth-order valence-electron chi connectivity index (χ4n) is 3.80. The molecule has 1 N–H and O–H groups in total. The molecule has 0 radical (unpaired) electrons. The van der Waals surface area contributed by atoms with Crippen LogP contribution in [0.1, 0.15) is 12.8 Å². The topological polar surface area (TPSA) is 71.0 Å². The van der Waals surface area contributed by atoms with E-state index in [0.29, 0.717) is 17.4 Å². The van der Waals surface area contributed by atoms with E-state index in [4.69, 9.17) is 0 Å². The highest BCUT2D eigenvalue weighted by Gasteiger charge is 2.27. The number of carbonyl (C=O) groups excluding carboxylic acids is 1. The number of hydrogen-bond acceptors (Lipinski definition) is 6. The number of aromatic nitrogens is 3. The van der Waals surface area contributed by atoms with Gasteiger partial charge < -0.3 is 10.2 Å². The van der Waals surface area contributed by atoms with Crippen molar-refractivity contribution in [1.29, 1.82) is 0 Å². The Morgan fingerprint density at radius 3 is 2.68 bits per heavy atom. The lowest BCUT2D eigenvalue weighted by Gasteiger charge is -2.32. The van der Waals surface area contributed by atoms with E-state index in [1.54, 1.807) is 12.1 Å². The van der Waals surface area contributed by atoms with E-state index in [1.165, 1.54) is 23.5 Å². The normalized spacial score (nSPS) is 16.4. The average molecular weight is 434 g/mol. The van der Waals surface area contributed by atoms with E-state index in [0.717, 1.165) is 41.0 Å². The lowest BCUT2D eigenvalue weighted by Crippen LogP contribution is -2.41. The van der Waals surface area contributed by atoms with Crippen LogP contribution in [0.15, 0.2) is 60.7 Å². The third kappa shape index (κ3) is 4.25. The standard InChI is InChI=1S/C23H20FN5OS/c24-17-9-7-15(8-10-17)18-11-12-21(28-27-18)29-13-3-4-16(14-29)22(30)26-23-25-19-5-1-2-6-20(19)31-23/h1-2,5-12,16H,3-4,13-14H2,(H,25,26,30). The number of fused-ring (bicyclic) bond motifs is 1. The monoisotopic (exact) mass is 433 g/mol. The first-order valence-electron chi connectivity index (χ1n) is 10.2. The van der Waals surface area contributed by atoms with E-state index in [9.17, 15) is 9.18 Å². The van der Waals surface area contributed by atoms with Crippen molar-refractivity contribution in [3.63, 3.8) is 0 Å².